The molecule has 0 bridgehead atoms. The lowest BCUT2D eigenvalue weighted by Gasteiger charge is -2.35. The number of nitrogens with zero attached hydrogens (tertiary/aromatic N) is 2. The van der Waals surface area contributed by atoms with Gasteiger partial charge in [-0.15, -0.1) is 0 Å². The molecule has 1 atom stereocenters. The summed E-state index contributed by atoms with van der Waals surface area (Å²) >= 11 is 0. The number of rotatable bonds is 7. The van der Waals surface area contributed by atoms with Gasteiger partial charge >= 0.3 is 12.1 Å². The summed E-state index contributed by atoms with van der Waals surface area (Å²) in [5.74, 6) is -0.168. The van der Waals surface area contributed by atoms with E-state index in [4.69, 9.17) is 4.74 Å². The maximum absolute atomic E-state index is 13.7. The van der Waals surface area contributed by atoms with Gasteiger partial charge in [0.05, 0.1) is 24.2 Å². The third-order valence-electron chi connectivity index (χ3n) is 5.95. The third kappa shape index (κ3) is 5.99. The molecule has 0 spiro atoms. The molecule has 11 heteroatoms. The van der Waals surface area contributed by atoms with Crippen LogP contribution in [-0.2, 0) is 25.7 Å². The third-order valence-corrected chi connectivity index (χ3v) is 7.73. The minimum absolute atomic E-state index is 0.0440. The number of carbonyl (C=O) groups excluding carboxylic acids is 1. The Labute approximate surface area is 218 Å². The van der Waals surface area contributed by atoms with Gasteiger partial charge in [0.25, 0.3) is 10.0 Å². The molecule has 200 valence electrons. The van der Waals surface area contributed by atoms with Crippen LogP contribution in [0.3, 0.4) is 0 Å². The molecule has 4 rings (SSSR count). The van der Waals surface area contributed by atoms with Crippen molar-refractivity contribution in [2.75, 3.05) is 18.0 Å². The molecule has 38 heavy (non-hydrogen) atoms. The summed E-state index contributed by atoms with van der Waals surface area (Å²) < 4.78 is 79.3. The standard InChI is InChI=1S/C27H25F3N2O5S/c1-18-5-3-7-22(15-18)38(34,35)32-17-21(11-13-25(33)36-2)37-24-12-9-19(16-23(24)32)8-10-20-6-4-14-31-26(20)27(28,29)30/h3-10,12,14-16,21H,11,13,17H2,1-2H3/b10-8+/t21-/m0/s1. The number of aromatic nitrogens is 1. The Bertz CT molecular complexity index is 1470. The number of carbonyl (C=O) groups is 1. The zero-order valence-corrected chi connectivity index (χ0v) is 21.4. The number of hydrogen-bond donors (Lipinski definition) is 0. The number of ether oxygens (including phenoxy) is 2. The number of benzene rings is 2. The number of fused-ring (bicyclic) bond motifs is 1. The van der Waals surface area contributed by atoms with Crippen LogP contribution in [-0.4, -0.2) is 39.1 Å². The van der Waals surface area contributed by atoms with Gasteiger partial charge < -0.3 is 9.47 Å². The van der Waals surface area contributed by atoms with Crippen molar-refractivity contribution in [3.8, 4) is 5.75 Å². The van der Waals surface area contributed by atoms with Crippen molar-refractivity contribution in [3.63, 3.8) is 0 Å². The number of sulfonamides is 1. The Balaban J connectivity index is 1.73. The summed E-state index contributed by atoms with van der Waals surface area (Å²) in [6, 6.07) is 13.9. The van der Waals surface area contributed by atoms with Gasteiger partial charge in [-0.1, -0.05) is 36.4 Å². The molecule has 0 unspecified atom stereocenters. The summed E-state index contributed by atoms with van der Waals surface area (Å²) in [4.78, 5) is 15.2. The molecular formula is C27H25F3N2O5S. The highest BCUT2D eigenvalue weighted by atomic mass is 32.2. The van der Waals surface area contributed by atoms with E-state index in [1.54, 1.807) is 43.3 Å². The molecule has 0 radical (unpaired) electrons. The number of pyridine rings is 1. The second-order valence-electron chi connectivity index (χ2n) is 8.71. The van der Waals surface area contributed by atoms with Gasteiger partial charge in [-0.3, -0.25) is 14.1 Å². The largest absolute Gasteiger partial charge is 0.486 e. The highest BCUT2D eigenvalue weighted by Gasteiger charge is 2.36. The van der Waals surface area contributed by atoms with Crippen LogP contribution in [0.15, 0.2) is 65.7 Å². The monoisotopic (exact) mass is 546 g/mol. The molecule has 7 nitrogen and oxygen atoms in total. The van der Waals surface area contributed by atoms with Crippen LogP contribution in [0.5, 0.6) is 5.75 Å². The van der Waals surface area contributed by atoms with Crippen molar-refractivity contribution < 1.29 is 35.9 Å². The van der Waals surface area contributed by atoms with E-state index in [1.165, 1.54) is 41.8 Å². The maximum Gasteiger partial charge on any atom is 0.433 e. The highest BCUT2D eigenvalue weighted by Crippen LogP contribution is 2.39. The first-order valence-corrected chi connectivity index (χ1v) is 13.1. The fraction of sp³-hybridized carbons (Fsp3) is 0.259. The van der Waals surface area contributed by atoms with E-state index in [-0.39, 0.29) is 41.3 Å². The van der Waals surface area contributed by atoms with Gasteiger partial charge in [0, 0.05) is 18.2 Å². The molecule has 0 aliphatic carbocycles. The SMILES string of the molecule is COC(=O)CC[C@H]1CN(S(=O)(=O)c2cccc(C)c2)c2cc(/C=C/c3cccnc3C(F)(F)F)ccc2O1. The Kier molecular flexibility index (Phi) is 7.77. The quantitative estimate of drug-likeness (QED) is 0.365. The summed E-state index contributed by atoms with van der Waals surface area (Å²) in [7, 11) is -2.76. The molecule has 0 saturated heterocycles. The van der Waals surface area contributed by atoms with Crippen molar-refractivity contribution in [2.24, 2.45) is 0 Å². The first-order chi connectivity index (χ1) is 18.0. The normalized spacial score (nSPS) is 15.7. The lowest BCUT2D eigenvalue weighted by molar-refractivity contribution is -0.142. The van der Waals surface area contributed by atoms with Gasteiger partial charge in [0.1, 0.15) is 11.9 Å². The number of aryl methyl sites for hydroxylation is 1. The molecule has 1 aromatic heterocycles. The number of esters is 1. The molecule has 1 aliphatic rings. The second kappa shape index (κ2) is 10.9. The van der Waals surface area contributed by atoms with Crippen molar-refractivity contribution in [3.05, 3.63) is 83.2 Å². The van der Waals surface area contributed by atoms with Gasteiger partial charge in [0.15, 0.2) is 5.69 Å². The van der Waals surface area contributed by atoms with Crippen LogP contribution < -0.4 is 9.04 Å². The lowest BCUT2D eigenvalue weighted by atomic mass is 10.1. The summed E-state index contributed by atoms with van der Waals surface area (Å²) in [6.07, 6.45) is -1.17. The molecule has 2 heterocycles. The molecule has 3 aromatic rings. The number of halogens is 3. The van der Waals surface area contributed by atoms with E-state index < -0.39 is 34.0 Å². The zero-order valence-electron chi connectivity index (χ0n) is 20.6. The average Bonchev–Trinajstić information content (AvgIpc) is 2.89. The molecule has 2 aromatic carbocycles. The number of alkyl halides is 3. The predicted octanol–water partition coefficient (Wildman–Crippen LogP) is 5.49. The van der Waals surface area contributed by atoms with Crippen LogP contribution in [0, 0.1) is 6.92 Å². The van der Waals surface area contributed by atoms with Crippen LogP contribution >= 0.6 is 0 Å². The fourth-order valence-corrected chi connectivity index (χ4v) is 5.67. The van der Waals surface area contributed by atoms with Crippen LogP contribution in [0.2, 0.25) is 0 Å². The smallest absolute Gasteiger partial charge is 0.433 e. The summed E-state index contributed by atoms with van der Waals surface area (Å²) in [5.41, 5.74) is 0.318. The van der Waals surface area contributed by atoms with Gasteiger partial charge in [0.2, 0.25) is 0 Å². The number of methoxy groups -OCH3 is 1. The maximum atomic E-state index is 13.7. The topological polar surface area (TPSA) is 85.8 Å². The zero-order chi connectivity index (χ0) is 27.5. The van der Waals surface area contributed by atoms with Gasteiger partial charge in [-0.05, 0) is 54.8 Å². The van der Waals surface area contributed by atoms with E-state index in [1.807, 2.05) is 0 Å². The fourth-order valence-electron chi connectivity index (χ4n) is 4.07. The minimum atomic E-state index is -4.62. The molecule has 0 amide bonds. The van der Waals surface area contributed by atoms with Crippen LogP contribution in [0.1, 0.15) is 35.2 Å². The van der Waals surface area contributed by atoms with E-state index in [0.717, 1.165) is 11.8 Å². The molecular weight excluding hydrogens is 521 g/mol. The Hall–Kier alpha value is -3.86. The molecule has 1 aliphatic heterocycles. The Morgan fingerprint density at radius 2 is 1.95 bits per heavy atom. The van der Waals surface area contributed by atoms with E-state index in [2.05, 4.69) is 9.72 Å². The van der Waals surface area contributed by atoms with Gasteiger partial charge in [-0.2, -0.15) is 13.2 Å². The van der Waals surface area contributed by atoms with Crippen LogP contribution in [0.4, 0.5) is 18.9 Å². The average molecular weight is 547 g/mol. The Morgan fingerprint density at radius 3 is 2.66 bits per heavy atom. The summed E-state index contributed by atoms with van der Waals surface area (Å²) in [5, 5.41) is 0. The molecule has 0 N–H and O–H groups in total. The molecule has 0 saturated carbocycles. The lowest BCUT2D eigenvalue weighted by Crippen LogP contribution is -2.43. The second-order valence-corrected chi connectivity index (χ2v) is 10.6. The van der Waals surface area contributed by atoms with E-state index in [9.17, 15) is 26.4 Å². The van der Waals surface area contributed by atoms with Crippen molar-refractivity contribution in [1.82, 2.24) is 4.98 Å². The van der Waals surface area contributed by atoms with Crippen LogP contribution in [0.25, 0.3) is 12.2 Å². The van der Waals surface area contributed by atoms with Gasteiger partial charge in [-0.25, -0.2) is 8.42 Å². The Morgan fingerprint density at radius 1 is 1.16 bits per heavy atom. The highest BCUT2D eigenvalue weighted by molar-refractivity contribution is 7.92. The first kappa shape index (κ1) is 27.2. The first-order valence-electron chi connectivity index (χ1n) is 11.7. The minimum Gasteiger partial charge on any atom is -0.486 e. The van der Waals surface area contributed by atoms with Crippen molar-refractivity contribution in [1.29, 1.82) is 0 Å². The predicted molar refractivity (Wildman–Crippen MR) is 136 cm³/mol. The van der Waals surface area contributed by atoms with Crippen molar-refractivity contribution >= 4 is 33.8 Å². The summed E-state index contributed by atoms with van der Waals surface area (Å²) in [6.45, 7) is 1.72. The number of hydrogen-bond acceptors (Lipinski definition) is 6. The van der Waals surface area contributed by atoms with Crippen molar-refractivity contribution in [2.45, 2.75) is 36.9 Å². The number of anilines is 1. The van der Waals surface area contributed by atoms with E-state index >= 15 is 0 Å². The molecule has 0 fully saturated rings. The van der Waals surface area contributed by atoms with E-state index in [0.29, 0.717) is 5.56 Å².